The number of hydrogen-bond acceptors (Lipinski definition) is 6. The van der Waals surface area contributed by atoms with Gasteiger partial charge in [-0.3, -0.25) is 19.7 Å². The number of nitrogens with zero attached hydrogens (tertiary/aromatic N) is 1. The van der Waals surface area contributed by atoms with Crippen LogP contribution in [0.25, 0.3) is 0 Å². The van der Waals surface area contributed by atoms with Gasteiger partial charge < -0.3 is 9.47 Å². The minimum Gasteiger partial charge on any atom is -0.469 e. The molecule has 0 N–H and O–H groups in total. The Kier molecular flexibility index (Phi) is 6.03. The zero-order valence-electron chi connectivity index (χ0n) is 12.8. The molecule has 1 aromatic carbocycles. The Balaban J connectivity index is 3.10. The fourth-order valence-electron chi connectivity index (χ4n) is 2.06. The van der Waals surface area contributed by atoms with E-state index in [1.165, 1.54) is 31.4 Å². The van der Waals surface area contributed by atoms with Crippen molar-refractivity contribution in [2.75, 3.05) is 13.7 Å². The molecule has 0 saturated carbocycles. The molecule has 1 atom stereocenters. The number of nitro benzene ring substituents is 1. The third-order valence-corrected chi connectivity index (χ3v) is 3.50. The highest BCUT2D eigenvalue weighted by molar-refractivity contribution is 5.83. The van der Waals surface area contributed by atoms with E-state index in [9.17, 15) is 19.7 Å². The summed E-state index contributed by atoms with van der Waals surface area (Å²) < 4.78 is 9.67. The smallest absolute Gasteiger partial charge is 0.316 e. The lowest BCUT2D eigenvalue weighted by atomic mass is 9.78. The van der Waals surface area contributed by atoms with Crippen molar-refractivity contribution < 1.29 is 24.0 Å². The van der Waals surface area contributed by atoms with Gasteiger partial charge in [-0.25, -0.2) is 0 Å². The van der Waals surface area contributed by atoms with E-state index in [2.05, 4.69) is 4.74 Å². The second-order valence-electron chi connectivity index (χ2n) is 4.93. The van der Waals surface area contributed by atoms with Crippen LogP contribution in [0.2, 0.25) is 0 Å². The van der Waals surface area contributed by atoms with Crippen LogP contribution in [0.3, 0.4) is 0 Å². The van der Waals surface area contributed by atoms with Crippen molar-refractivity contribution >= 4 is 17.6 Å². The molecule has 120 valence electrons. The Bertz CT molecular complexity index is 554. The van der Waals surface area contributed by atoms with Gasteiger partial charge >= 0.3 is 11.9 Å². The molecule has 1 unspecified atom stereocenters. The molecule has 7 nitrogen and oxygen atoms in total. The maximum Gasteiger partial charge on any atom is 0.316 e. The average molecular weight is 309 g/mol. The minimum atomic E-state index is -1.07. The molecule has 0 aliphatic carbocycles. The molecular formula is C15H19NO6. The summed E-state index contributed by atoms with van der Waals surface area (Å²) in [4.78, 5) is 33.8. The number of benzene rings is 1. The molecule has 22 heavy (non-hydrogen) atoms. The largest absolute Gasteiger partial charge is 0.469 e. The van der Waals surface area contributed by atoms with Gasteiger partial charge in [0.05, 0.1) is 24.1 Å². The highest BCUT2D eigenvalue weighted by atomic mass is 16.6. The molecule has 0 aliphatic rings. The molecule has 0 amide bonds. The summed E-state index contributed by atoms with van der Waals surface area (Å²) in [6.45, 7) is 3.54. The maximum atomic E-state index is 12.3. The molecular weight excluding hydrogens is 290 g/mol. The van der Waals surface area contributed by atoms with Crippen LogP contribution >= 0.6 is 0 Å². The van der Waals surface area contributed by atoms with Crippen molar-refractivity contribution in [3.05, 3.63) is 39.9 Å². The van der Waals surface area contributed by atoms with Crippen molar-refractivity contribution in [2.45, 2.75) is 32.1 Å². The molecule has 1 rings (SSSR count). The second kappa shape index (κ2) is 7.53. The fraction of sp³-hybridized carbons (Fsp3) is 0.467. The lowest BCUT2D eigenvalue weighted by Gasteiger charge is -2.27. The average Bonchev–Trinajstić information content (AvgIpc) is 2.52. The van der Waals surface area contributed by atoms with Gasteiger partial charge in [0.15, 0.2) is 0 Å². The zero-order chi connectivity index (χ0) is 16.8. The highest BCUT2D eigenvalue weighted by Crippen LogP contribution is 2.32. The number of methoxy groups -OCH3 is 1. The summed E-state index contributed by atoms with van der Waals surface area (Å²) in [6, 6.07) is 5.66. The summed E-state index contributed by atoms with van der Waals surface area (Å²) >= 11 is 0. The van der Waals surface area contributed by atoms with Crippen LogP contribution in [0.15, 0.2) is 24.3 Å². The summed E-state index contributed by atoms with van der Waals surface area (Å²) in [6.07, 6.45) is 0.235. The Morgan fingerprint density at radius 3 is 2.32 bits per heavy atom. The summed E-state index contributed by atoms with van der Waals surface area (Å²) in [5.41, 5.74) is -0.581. The lowest BCUT2D eigenvalue weighted by molar-refractivity contribution is -0.384. The monoisotopic (exact) mass is 309 g/mol. The van der Waals surface area contributed by atoms with Crippen LogP contribution in [0.1, 0.15) is 32.3 Å². The molecule has 0 aliphatic heterocycles. The van der Waals surface area contributed by atoms with Crippen molar-refractivity contribution in [1.82, 2.24) is 0 Å². The predicted molar refractivity (Wildman–Crippen MR) is 78.3 cm³/mol. The third-order valence-electron chi connectivity index (χ3n) is 3.50. The van der Waals surface area contributed by atoms with Crippen LogP contribution < -0.4 is 0 Å². The zero-order valence-corrected chi connectivity index (χ0v) is 12.8. The van der Waals surface area contributed by atoms with Gasteiger partial charge in [-0.2, -0.15) is 0 Å². The first-order valence-electron chi connectivity index (χ1n) is 6.84. The first kappa shape index (κ1) is 17.6. The van der Waals surface area contributed by atoms with Gasteiger partial charge in [0.25, 0.3) is 5.69 Å². The maximum absolute atomic E-state index is 12.3. The Morgan fingerprint density at radius 2 is 1.86 bits per heavy atom. The highest BCUT2D eigenvalue weighted by Gasteiger charge is 2.37. The van der Waals surface area contributed by atoms with Gasteiger partial charge in [-0.1, -0.05) is 12.1 Å². The van der Waals surface area contributed by atoms with Crippen molar-refractivity contribution in [3.8, 4) is 0 Å². The first-order chi connectivity index (χ1) is 10.3. The van der Waals surface area contributed by atoms with Gasteiger partial charge in [-0.05, 0) is 25.8 Å². The van der Waals surface area contributed by atoms with Crippen LogP contribution in [0.4, 0.5) is 5.69 Å². The van der Waals surface area contributed by atoms with Gasteiger partial charge in [0.1, 0.15) is 0 Å². The van der Waals surface area contributed by atoms with Crippen LogP contribution in [-0.2, 0) is 24.5 Å². The van der Waals surface area contributed by atoms with Crippen LogP contribution in [0, 0.1) is 10.1 Å². The molecule has 0 aromatic heterocycles. The Labute approximate surface area is 128 Å². The van der Waals surface area contributed by atoms with E-state index in [-0.39, 0.29) is 25.1 Å². The van der Waals surface area contributed by atoms with E-state index in [0.29, 0.717) is 5.56 Å². The molecule has 7 heteroatoms. The van der Waals surface area contributed by atoms with Gasteiger partial charge in [0, 0.05) is 18.6 Å². The van der Waals surface area contributed by atoms with Crippen molar-refractivity contribution in [3.63, 3.8) is 0 Å². The van der Waals surface area contributed by atoms with Gasteiger partial charge in [-0.15, -0.1) is 0 Å². The number of carbonyl (C=O) groups is 2. The number of nitro groups is 1. The quantitative estimate of drug-likeness (QED) is 0.436. The van der Waals surface area contributed by atoms with E-state index in [0.717, 1.165) is 0 Å². The number of carbonyl (C=O) groups excluding carboxylic acids is 2. The number of esters is 2. The number of non-ortho nitro benzene ring substituents is 1. The van der Waals surface area contributed by atoms with E-state index >= 15 is 0 Å². The number of ether oxygens (including phenoxy) is 2. The predicted octanol–water partition coefficient (Wildman–Crippen LogP) is 2.37. The van der Waals surface area contributed by atoms with Crippen LogP contribution in [0.5, 0.6) is 0 Å². The Hall–Kier alpha value is -2.44. The Morgan fingerprint density at radius 1 is 1.27 bits per heavy atom. The van der Waals surface area contributed by atoms with Crippen LogP contribution in [-0.4, -0.2) is 30.6 Å². The van der Waals surface area contributed by atoms with E-state index in [1.54, 1.807) is 13.8 Å². The molecule has 0 fully saturated rings. The topological polar surface area (TPSA) is 95.7 Å². The van der Waals surface area contributed by atoms with E-state index < -0.39 is 22.3 Å². The standard InChI is InChI=1S/C15H19NO6/c1-4-22-14(18)15(2,10-9-13(17)21-3)11-5-7-12(8-6-11)16(19)20/h5-8H,4,9-10H2,1-3H3. The minimum absolute atomic E-state index is 0.0444. The molecule has 0 saturated heterocycles. The normalized spacial score (nSPS) is 13.0. The van der Waals surface area contributed by atoms with Gasteiger partial charge in [0.2, 0.25) is 0 Å². The third kappa shape index (κ3) is 4.03. The van der Waals surface area contributed by atoms with E-state index in [4.69, 9.17) is 4.74 Å². The molecule has 0 bridgehead atoms. The molecule has 1 aromatic rings. The summed E-state index contributed by atoms with van der Waals surface area (Å²) in [7, 11) is 1.27. The lowest BCUT2D eigenvalue weighted by Crippen LogP contribution is -2.35. The summed E-state index contributed by atoms with van der Waals surface area (Å²) in [5.74, 6) is -0.912. The van der Waals surface area contributed by atoms with Crippen molar-refractivity contribution in [1.29, 1.82) is 0 Å². The molecule has 0 heterocycles. The summed E-state index contributed by atoms with van der Waals surface area (Å²) in [5, 5.41) is 10.7. The van der Waals surface area contributed by atoms with E-state index in [1.807, 2.05) is 0 Å². The first-order valence-corrected chi connectivity index (χ1v) is 6.84. The SMILES string of the molecule is CCOC(=O)C(C)(CCC(=O)OC)c1ccc([N+](=O)[O-])cc1. The molecule has 0 radical (unpaired) electrons. The fourth-order valence-corrected chi connectivity index (χ4v) is 2.06. The second-order valence-corrected chi connectivity index (χ2v) is 4.93. The number of rotatable bonds is 7. The van der Waals surface area contributed by atoms with Crippen molar-refractivity contribution in [2.24, 2.45) is 0 Å². The number of hydrogen-bond donors (Lipinski definition) is 0. The molecule has 0 spiro atoms.